The van der Waals surface area contributed by atoms with E-state index in [2.05, 4.69) is 0 Å². The maximum Gasteiger partial charge on any atom is 0.396 e. The van der Waals surface area contributed by atoms with E-state index in [0.717, 1.165) is 0 Å². The Morgan fingerprint density at radius 1 is 1.29 bits per heavy atom. The number of nitrogens with two attached hydrogens (primary N) is 1. The molecule has 0 aliphatic heterocycles. The van der Waals surface area contributed by atoms with Gasteiger partial charge in [0.1, 0.15) is 11.6 Å². The summed E-state index contributed by atoms with van der Waals surface area (Å²) in [5, 5.41) is 0. The van der Waals surface area contributed by atoms with Crippen LogP contribution in [0.15, 0.2) is 0 Å². The van der Waals surface area contributed by atoms with Gasteiger partial charge >= 0.3 is 12.1 Å². The van der Waals surface area contributed by atoms with E-state index in [1.54, 1.807) is 20.8 Å². The molecule has 0 saturated heterocycles. The van der Waals surface area contributed by atoms with Crippen molar-refractivity contribution in [3.8, 4) is 0 Å². The van der Waals surface area contributed by atoms with Crippen LogP contribution in [0.1, 0.15) is 40.0 Å². The molecule has 0 heterocycles. The van der Waals surface area contributed by atoms with E-state index in [4.69, 9.17) is 10.5 Å². The van der Waals surface area contributed by atoms with Gasteiger partial charge in [-0.2, -0.15) is 13.2 Å². The average molecular weight is 253 g/mol. The fourth-order valence-corrected chi connectivity index (χ4v) is 1.92. The third-order valence-electron chi connectivity index (χ3n) is 3.07. The molecule has 1 aliphatic carbocycles. The van der Waals surface area contributed by atoms with Gasteiger partial charge in [-0.1, -0.05) is 6.42 Å². The van der Waals surface area contributed by atoms with Crippen LogP contribution in [-0.4, -0.2) is 23.8 Å². The monoisotopic (exact) mass is 253 g/mol. The molecule has 17 heavy (non-hydrogen) atoms. The van der Waals surface area contributed by atoms with Gasteiger partial charge in [0.15, 0.2) is 0 Å². The topological polar surface area (TPSA) is 52.3 Å². The summed E-state index contributed by atoms with van der Waals surface area (Å²) >= 11 is 0. The highest BCUT2D eigenvalue weighted by atomic mass is 19.4. The van der Waals surface area contributed by atoms with Gasteiger partial charge in [-0.05, 0) is 33.6 Å². The minimum absolute atomic E-state index is 0.100. The van der Waals surface area contributed by atoms with Crippen LogP contribution in [0, 0.1) is 5.41 Å². The molecule has 0 amide bonds. The van der Waals surface area contributed by atoms with E-state index < -0.39 is 29.2 Å². The van der Waals surface area contributed by atoms with Crippen molar-refractivity contribution >= 4 is 5.97 Å². The summed E-state index contributed by atoms with van der Waals surface area (Å²) in [6, 6.07) is -1.63. The molecule has 100 valence electrons. The Labute approximate surface area is 98.5 Å². The molecular formula is C11H18F3NO2. The maximum absolute atomic E-state index is 12.9. The van der Waals surface area contributed by atoms with Gasteiger partial charge in [0.25, 0.3) is 0 Å². The van der Waals surface area contributed by atoms with E-state index in [0.29, 0.717) is 6.42 Å². The number of rotatable bonds is 2. The fraction of sp³-hybridized carbons (Fsp3) is 0.909. The van der Waals surface area contributed by atoms with Gasteiger partial charge in [-0.15, -0.1) is 0 Å². The zero-order valence-corrected chi connectivity index (χ0v) is 10.2. The predicted molar refractivity (Wildman–Crippen MR) is 56.2 cm³/mol. The summed E-state index contributed by atoms with van der Waals surface area (Å²) in [7, 11) is 0. The first-order valence-corrected chi connectivity index (χ1v) is 5.55. The van der Waals surface area contributed by atoms with Gasteiger partial charge in [0.2, 0.25) is 0 Å². The molecule has 0 spiro atoms. The Morgan fingerprint density at radius 2 is 1.76 bits per heavy atom. The third-order valence-corrected chi connectivity index (χ3v) is 3.07. The molecule has 0 bridgehead atoms. The first-order valence-electron chi connectivity index (χ1n) is 5.55. The third kappa shape index (κ3) is 2.73. The Hall–Kier alpha value is -0.780. The molecule has 0 aromatic carbocycles. The summed E-state index contributed by atoms with van der Waals surface area (Å²) in [6.45, 7) is 4.79. The molecular weight excluding hydrogens is 235 g/mol. The predicted octanol–water partition coefficient (Wildman–Crippen LogP) is 2.39. The highest BCUT2D eigenvalue weighted by molar-refractivity contribution is 5.77. The van der Waals surface area contributed by atoms with Crippen molar-refractivity contribution < 1.29 is 22.7 Å². The molecule has 3 nitrogen and oxygen atoms in total. The van der Waals surface area contributed by atoms with Crippen molar-refractivity contribution in [3.63, 3.8) is 0 Å². The van der Waals surface area contributed by atoms with Crippen LogP contribution in [0.2, 0.25) is 0 Å². The van der Waals surface area contributed by atoms with Gasteiger partial charge in [-0.3, -0.25) is 4.79 Å². The first-order chi connectivity index (χ1) is 7.50. The second kappa shape index (κ2) is 4.15. The summed E-state index contributed by atoms with van der Waals surface area (Å²) in [5.41, 5.74) is 2.54. The smallest absolute Gasteiger partial charge is 0.396 e. The summed E-state index contributed by atoms with van der Waals surface area (Å²) < 4.78 is 43.6. The van der Waals surface area contributed by atoms with Crippen molar-refractivity contribution in [2.45, 2.75) is 57.9 Å². The fourth-order valence-electron chi connectivity index (χ4n) is 1.92. The second-order valence-corrected chi connectivity index (χ2v) is 5.52. The van der Waals surface area contributed by atoms with E-state index in [1.165, 1.54) is 0 Å². The van der Waals surface area contributed by atoms with Gasteiger partial charge in [-0.25, -0.2) is 0 Å². The lowest BCUT2D eigenvalue weighted by Crippen LogP contribution is -2.60. The number of hydrogen-bond acceptors (Lipinski definition) is 3. The van der Waals surface area contributed by atoms with Crippen molar-refractivity contribution in [1.29, 1.82) is 0 Å². The lowest BCUT2D eigenvalue weighted by Gasteiger charge is -2.46. The number of ether oxygens (including phenoxy) is 1. The molecule has 0 aromatic rings. The van der Waals surface area contributed by atoms with Crippen LogP contribution in [0.3, 0.4) is 0 Å². The summed E-state index contributed by atoms with van der Waals surface area (Å²) in [5.74, 6) is -0.977. The molecule has 1 saturated carbocycles. The molecule has 1 unspecified atom stereocenters. The molecule has 1 aliphatic rings. The molecule has 1 rings (SSSR count). The highest BCUT2D eigenvalue weighted by Gasteiger charge is 2.63. The van der Waals surface area contributed by atoms with E-state index >= 15 is 0 Å². The summed E-state index contributed by atoms with van der Waals surface area (Å²) in [6.07, 6.45) is -4.22. The minimum Gasteiger partial charge on any atom is -0.459 e. The highest BCUT2D eigenvalue weighted by Crippen LogP contribution is 2.55. The minimum atomic E-state index is -4.46. The number of esters is 1. The molecule has 6 heteroatoms. The average Bonchev–Trinajstić information content (AvgIpc) is 1.94. The Bertz CT molecular complexity index is 303. The van der Waals surface area contributed by atoms with Gasteiger partial charge in [0.05, 0.1) is 5.41 Å². The molecule has 1 atom stereocenters. The van der Waals surface area contributed by atoms with Crippen LogP contribution in [-0.2, 0) is 9.53 Å². The zero-order valence-electron chi connectivity index (χ0n) is 10.2. The molecule has 0 radical (unpaired) electrons. The number of carbonyl (C=O) groups is 1. The number of alkyl halides is 3. The number of halogens is 3. The Morgan fingerprint density at radius 3 is 2.00 bits per heavy atom. The van der Waals surface area contributed by atoms with Gasteiger partial charge in [0, 0.05) is 0 Å². The van der Waals surface area contributed by atoms with Crippen LogP contribution in [0.4, 0.5) is 13.2 Å². The molecule has 2 N–H and O–H groups in total. The van der Waals surface area contributed by atoms with E-state index in [1.807, 2.05) is 0 Å². The van der Waals surface area contributed by atoms with Crippen LogP contribution < -0.4 is 5.73 Å². The Kier molecular flexibility index (Phi) is 3.49. The van der Waals surface area contributed by atoms with E-state index in [9.17, 15) is 18.0 Å². The van der Waals surface area contributed by atoms with Crippen molar-refractivity contribution in [3.05, 3.63) is 0 Å². The molecule has 0 aromatic heterocycles. The van der Waals surface area contributed by atoms with Crippen molar-refractivity contribution in [2.75, 3.05) is 0 Å². The van der Waals surface area contributed by atoms with Crippen LogP contribution in [0.25, 0.3) is 0 Å². The Balaban J connectivity index is 2.81. The van der Waals surface area contributed by atoms with E-state index in [-0.39, 0.29) is 12.8 Å². The first kappa shape index (κ1) is 14.3. The quantitative estimate of drug-likeness (QED) is 0.769. The van der Waals surface area contributed by atoms with Gasteiger partial charge < -0.3 is 10.5 Å². The number of carbonyl (C=O) groups excluding carboxylic acids is 1. The lowest BCUT2D eigenvalue weighted by molar-refractivity contribution is -0.261. The SMILES string of the molecule is CC(C)(C)OC(=O)C(N)C1(C(F)(F)F)CCC1. The van der Waals surface area contributed by atoms with Crippen LogP contribution in [0.5, 0.6) is 0 Å². The normalized spacial score (nSPS) is 21.6. The number of hydrogen-bond donors (Lipinski definition) is 1. The molecule has 1 fully saturated rings. The van der Waals surface area contributed by atoms with Crippen LogP contribution >= 0.6 is 0 Å². The summed E-state index contributed by atoms with van der Waals surface area (Å²) in [4.78, 5) is 11.6. The largest absolute Gasteiger partial charge is 0.459 e. The zero-order chi connectivity index (χ0) is 13.5. The second-order valence-electron chi connectivity index (χ2n) is 5.52. The lowest BCUT2D eigenvalue weighted by atomic mass is 9.63. The van der Waals surface area contributed by atoms with Crippen molar-refractivity contribution in [2.24, 2.45) is 11.1 Å². The maximum atomic E-state index is 12.9. The van der Waals surface area contributed by atoms with Crippen molar-refractivity contribution in [1.82, 2.24) is 0 Å². The standard InChI is InChI=1S/C11H18F3NO2/c1-9(2,3)17-8(16)7(15)10(5-4-6-10)11(12,13)14/h7H,4-6,15H2,1-3H3.